The van der Waals surface area contributed by atoms with E-state index >= 15 is 0 Å². The molecular formula is C19H26N6O2. The molecule has 0 aliphatic rings. The molecule has 0 saturated heterocycles. The van der Waals surface area contributed by atoms with Crippen LogP contribution in [0.2, 0.25) is 0 Å². The van der Waals surface area contributed by atoms with E-state index in [4.69, 9.17) is 0 Å². The Labute approximate surface area is 158 Å². The number of unbranched alkanes of at least 4 members (excludes halogenated alkanes) is 5. The van der Waals surface area contributed by atoms with Gasteiger partial charge in [-0.25, -0.2) is 0 Å². The number of H-pyrrole nitrogens is 1. The molecule has 0 fully saturated rings. The summed E-state index contributed by atoms with van der Waals surface area (Å²) in [5.41, 5.74) is 0.755. The van der Waals surface area contributed by atoms with Crippen molar-refractivity contribution in [1.29, 1.82) is 5.26 Å². The number of aromatic hydroxyl groups is 1. The van der Waals surface area contributed by atoms with Crippen LogP contribution < -0.4 is 5.56 Å². The van der Waals surface area contributed by atoms with E-state index < -0.39 is 5.56 Å². The first-order chi connectivity index (χ1) is 13.0. The number of pyridine rings is 1. The van der Waals surface area contributed by atoms with Gasteiger partial charge in [0.15, 0.2) is 11.5 Å². The minimum atomic E-state index is -0.490. The van der Waals surface area contributed by atoms with E-state index in [1.54, 1.807) is 13.0 Å². The molecule has 0 aliphatic heterocycles. The van der Waals surface area contributed by atoms with Crippen LogP contribution in [0, 0.1) is 25.2 Å². The molecule has 0 spiro atoms. The van der Waals surface area contributed by atoms with E-state index in [1.165, 1.54) is 17.4 Å². The van der Waals surface area contributed by atoms with Gasteiger partial charge in [0.2, 0.25) is 5.88 Å². The van der Waals surface area contributed by atoms with Crippen LogP contribution in [-0.4, -0.2) is 19.9 Å². The van der Waals surface area contributed by atoms with Crippen LogP contribution >= 0.6 is 0 Å². The number of hydrogen-bond acceptors (Lipinski definition) is 6. The molecule has 0 bridgehead atoms. The maximum absolute atomic E-state index is 12.5. The lowest BCUT2D eigenvalue weighted by atomic mass is 10.1. The van der Waals surface area contributed by atoms with Crippen molar-refractivity contribution < 1.29 is 5.11 Å². The Kier molecular flexibility index (Phi) is 7.29. The van der Waals surface area contributed by atoms with Gasteiger partial charge in [0.25, 0.3) is 5.56 Å². The Bertz CT molecular complexity index is 904. The van der Waals surface area contributed by atoms with Crippen LogP contribution in [0.1, 0.15) is 62.3 Å². The quantitative estimate of drug-likeness (QED) is 0.497. The molecule has 0 radical (unpaired) electrons. The fraction of sp³-hybridized carbons (Fsp3) is 0.526. The van der Waals surface area contributed by atoms with Crippen molar-refractivity contribution in [1.82, 2.24) is 14.8 Å². The summed E-state index contributed by atoms with van der Waals surface area (Å²) in [6.45, 7) is 5.92. The summed E-state index contributed by atoms with van der Waals surface area (Å²) in [5, 5.41) is 34.7. The van der Waals surface area contributed by atoms with Crippen molar-refractivity contribution in [3.8, 4) is 11.9 Å². The number of nitrogens with zero attached hydrogens (tertiary/aromatic N) is 5. The number of aromatic nitrogens is 3. The molecule has 0 atom stereocenters. The molecule has 8 heteroatoms. The molecule has 2 rings (SSSR count). The zero-order valence-electron chi connectivity index (χ0n) is 16.1. The lowest BCUT2D eigenvalue weighted by molar-refractivity contribution is 0.399. The van der Waals surface area contributed by atoms with Crippen molar-refractivity contribution in [2.45, 2.75) is 65.8 Å². The molecule has 2 aromatic heterocycles. The molecule has 0 aliphatic carbocycles. The normalized spacial score (nSPS) is 11.2. The molecular weight excluding hydrogens is 344 g/mol. The van der Waals surface area contributed by atoms with Crippen molar-refractivity contribution >= 4 is 11.5 Å². The van der Waals surface area contributed by atoms with E-state index in [2.05, 4.69) is 27.3 Å². The van der Waals surface area contributed by atoms with Gasteiger partial charge >= 0.3 is 0 Å². The molecule has 0 unspecified atom stereocenters. The third kappa shape index (κ3) is 5.03. The van der Waals surface area contributed by atoms with E-state index in [1.807, 2.05) is 13.0 Å². The minimum absolute atomic E-state index is 0.0223. The summed E-state index contributed by atoms with van der Waals surface area (Å²) in [6.07, 6.45) is 6.34. The standard InChI is InChI=1S/C19H26N6O2/c1-4-5-6-7-8-9-10-25-18(26)15(12-20)14(3)17(19(25)27)24-23-16-11-13(2)21-22-16/h11,27H,4-10H2,1-3H3,(H,21,22)/b24-23+. The van der Waals surface area contributed by atoms with Gasteiger partial charge in [-0.05, 0) is 20.3 Å². The van der Waals surface area contributed by atoms with E-state index in [9.17, 15) is 15.2 Å². The monoisotopic (exact) mass is 370 g/mol. The summed E-state index contributed by atoms with van der Waals surface area (Å²) in [4.78, 5) is 12.5. The third-order valence-corrected chi connectivity index (χ3v) is 4.45. The van der Waals surface area contributed by atoms with Gasteiger partial charge in [-0.1, -0.05) is 39.0 Å². The SMILES string of the molecule is CCCCCCCCn1c(O)c(/N=N/c2cc(C)[nH]n2)c(C)c(C#N)c1=O. The van der Waals surface area contributed by atoms with Crippen LogP contribution in [0.25, 0.3) is 0 Å². The highest BCUT2D eigenvalue weighted by Crippen LogP contribution is 2.32. The first kappa shape index (κ1) is 20.4. The number of rotatable bonds is 9. The summed E-state index contributed by atoms with van der Waals surface area (Å²) < 4.78 is 1.22. The van der Waals surface area contributed by atoms with E-state index in [0.29, 0.717) is 17.9 Å². The fourth-order valence-electron chi connectivity index (χ4n) is 2.87. The molecule has 2 N–H and O–H groups in total. The van der Waals surface area contributed by atoms with Crippen LogP contribution in [0.15, 0.2) is 21.1 Å². The molecule has 2 heterocycles. The molecule has 0 aromatic carbocycles. The average Bonchev–Trinajstić information content (AvgIpc) is 3.06. The maximum Gasteiger partial charge on any atom is 0.271 e. The fourth-order valence-corrected chi connectivity index (χ4v) is 2.87. The molecule has 8 nitrogen and oxygen atoms in total. The van der Waals surface area contributed by atoms with Gasteiger partial charge < -0.3 is 5.11 Å². The first-order valence-corrected chi connectivity index (χ1v) is 9.29. The minimum Gasteiger partial charge on any atom is -0.493 e. The zero-order chi connectivity index (χ0) is 19.8. The highest BCUT2D eigenvalue weighted by molar-refractivity contribution is 5.59. The highest BCUT2D eigenvalue weighted by Gasteiger charge is 2.19. The van der Waals surface area contributed by atoms with Crippen molar-refractivity contribution in [3.63, 3.8) is 0 Å². The number of nitriles is 1. The lowest BCUT2D eigenvalue weighted by Crippen LogP contribution is -2.24. The summed E-state index contributed by atoms with van der Waals surface area (Å²) in [7, 11) is 0. The Hall–Kier alpha value is -2.95. The van der Waals surface area contributed by atoms with E-state index in [0.717, 1.165) is 31.4 Å². The first-order valence-electron chi connectivity index (χ1n) is 9.29. The lowest BCUT2D eigenvalue weighted by Gasteiger charge is -2.13. The molecule has 27 heavy (non-hydrogen) atoms. The zero-order valence-corrected chi connectivity index (χ0v) is 16.1. The number of azo groups is 1. The van der Waals surface area contributed by atoms with Crippen LogP contribution in [0.4, 0.5) is 11.5 Å². The average molecular weight is 370 g/mol. The smallest absolute Gasteiger partial charge is 0.271 e. The van der Waals surface area contributed by atoms with Crippen molar-refractivity contribution in [3.05, 3.63) is 33.2 Å². The second-order valence-electron chi connectivity index (χ2n) is 6.62. The second kappa shape index (κ2) is 9.67. The van der Waals surface area contributed by atoms with Gasteiger partial charge in [0.1, 0.15) is 11.6 Å². The molecule has 0 amide bonds. The maximum atomic E-state index is 12.5. The van der Waals surface area contributed by atoms with Crippen LogP contribution in [0.5, 0.6) is 5.88 Å². The second-order valence-corrected chi connectivity index (χ2v) is 6.62. The van der Waals surface area contributed by atoms with Gasteiger partial charge in [-0.2, -0.15) is 10.4 Å². The van der Waals surface area contributed by atoms with Crippen LogP contribution in [0.3, 0.4) is 0 Å². The Morgan fingerprint density at radius 1 is 1.22 bits per heavy atom. The summed E-state index contributed by atoms with van der Waals surface area (Å²) in [5.74, 6) is 0.0968. The van der Waals surface area contributed by atoms with Gasteiger partial charge in [-0.3, -0.25) is 14.5 Å². The Morgan fingerprint density at radius 3 is 2.56 bits per heavy atom. The van der Waals surface area contributed by atoms with Crippen molar-refractivity contribution in [2.75, 3.05) is 0 Å². The van der Waals surface area contributed by atoms with Crippen molar-refractivity contribution in [2.24, 2.45) is 10.2 Å². The topological polar surface area (TPSA) is 119 Å². The number of nitrogens with one attached hydrogen (secondary N) is 1. The number of aromatic amines is 1. The number of hydrogen-bond donors (Lipinski definition) is 2. The Morgan fingerprint density at radius 2 is 1.93 bits per heavy atom. The van der Waals surface area contributed by atoms with Gasteiger partial charge in [0.05, 0.1) is 0 Å². The van der Waals surface area contributed by atoms with Gasteiger partial charge in [0, 0.05) is 23.9 Å². The summed E-state index contributed by atoms with van der Waals surface area (Å²) in [6, 6.07) is 3.63. The van der Waals surface area contributed by atoms with Gasteiger partial charge in [-0.15, -0.1) is 10.2 Å². The largest absolute Gasteiger partial charge is 0.493 e. The molecule has 144 valence electrons. The summed E-state index contributed by atoms with van der Waals surface area (Å²) >= 11 is 0. The predicted octanol–water partition coefficient (Wildman–Crippen LogP) is 4.54. The Balaban J connectivity index is 2.27. The number of aryl methyl sites for hydroxylation is 1. The predicted molar refractivity (Wildman–Crippen MR) is 103 cm³/mol. The highest BCUT2D eigenvalue weighted by atomic mass is 16.3. The third-order valence-electron chi connectivity index (χ3n) is 4.45. The van der Waals surface area contributed by atoms with Crippen LogP contribution in [-0.2, 0) is 6.54 Å². The van der Waals surface area contributed by atoms with E-state index in [-0.39, 0.29) is 17.1 Å². The molecule has 2 aromatic rings. The molecule has 0 saturated carbocycles.